The van der Waals surface area contributed by atoms with Crippen molar-refractivity contribution in [3.63, 3.8) is 0 Å². The van der Waals surface area contributed by atoms with Gasteiger partial charge < -0.3 is 9.47 Å². The van der Waals surface area contributed by atoms with Gasteiger partial charge in [0.25, 0.3) is 5.56 Å². The van der Waals surface area contributed by atoms with Crippen LogP contribution in [-0.2, 0) is 4.74 Å². The number of thioether (sulfide) groups is 1. The summed E-state index contributed by atoms with van der Waals surface area (Å²) in [5, 5.41) is 0.310. The minimum atomic E-state index is -4.36. The molecule has 0 amide bonds. The summed E-state index contributed by atoms with van der Waals surface area (Å²) in [6, 6.07) is 0. The molecule has 0 saturated carbocycles. The first-order chi connectivity index (χ1) is 12.3. The van der Waals surface area contributed by atoms with Crippen LogP contribution in [0.3, 0.4) is 0 Å². The van der Waals surface area contributed by atoms with Gasteiger partial charge in [0, 0.05) is 17.7 Å². The number of aromatic amines is 1. The van der Waals surface area contributed by atoms with E-state index in [2.05, 4.69) is 9.97 Å². The zero-order valence-corrected chi connectivity index (χ0v) is 15.4. The number of rotatable bonds is 6. The molecular formula is C17H21F3N2O3S. The molecule has 0 aliphatic carbocycles. The molecule has 1 saturated heterocycles. The summed E-state index contributed by atoms with van der Waals surface area (Å²) in [6.07, 6.45) is 1.85. The van der Waals surface area contributed by atoms with Crippen molar-refractivity contribution in [1.82, 2.24) is 9.97 Å². The Morgan fingerprint density at radius 1 is 1.50 bits per heavy atom. The molecule has 1 aliphatic heterocycles. The van der Waals surface area contributed by atoms with Crippen molar-refractivity contribution in [3.8, 4) is 5.75 Å². The number of aromatic nitrogens is 2. The number of halogens is 3. The van der Waals surface area contributed by atoms with Crippen LogP contribution in [0.15, 0.2) is 39.4 Å². The minimum Gasteiger partial charge on any atom is -0.458 e. The monoisotopic (exact) mass is 390 g/mol. The third kappa shape index (κ3) is 6.21. The molecule has 1 aromatic heterocycles. The van der Waals surface area contributed by atoms with E-state index in [0.717, 1.165) is 37.6 Å². The Bertz CT molecular complexity index is 723. The van der Waals surface area contributed by atoms with E-state index in [0.29, 0.717) is 23.8 Å². The number of ether oxygens (including phenoxy) is 2. The Hall–Kier alpha value is -1.74. The second kappa shape index (κ2) is 9.27. The summed E-state index contributed by atoms with van der Waals surface area (Å²) in [6.45, 7) is 3.28. The summed E-state index contributed by atoms with van der Waals surface area (Å²) in [4.78, 5) is 18.7. The molecule has 1 atom stereocenters. The largest absolute Gasteiger partial charge is 0.458 e. The van der Waals surface area contributed by atoms with Gasteiger partial charge in [0.05, 0.1) is 12.8 Å². The highest BCUT2D eigenvalue weighted by molar-refractivity contribution is 7.99. The number of hydrogen-bond acceptors (Lipinski definition) is 5. The van der Waals surface area contributed by atoms with E-state index in [9.17, 15) is 18.0 Å². The molecule has 1 unspecified atom stereocenters. The van der Waals surface area contributed by atoms with Crippen molar-refractivity contribution in [3.05, 3.63) is 39.8 Å². The predicted molar refractivity (Wildman–Crippen MR) is 93.4 cm³/mol. The molecule has 26 heavy (non-hydrogen) atoms. The third-order valence-electron chi connectivity index (χ3n) is 3.74. The lowest BCUT2D eigenvalue weighted by atomic mass is 10.2. The number of nitrogens with one attached hydrogen (secondary N) is 1. The van der Waals surface area contributed by atoms with Gasteiger partial charge in [-0.2, -0.15) is 13.2 Å². The lowest BCUT2D eigenvalue weighted by Gasteiger charge is -2.22. The maximum atomic E-state index is 12.6. The maximum absolute atomic E-state index is 12.6. The highest BCUT2D eigenvalue weighted by Crippen LogP contribution is 2.27. The second-order valence-corrected chi connectivity index (χ2v) is 6.74. The molecule has 1 N–H and O–H groups in total. The molecule has 1 aliphatic rings. The molecular weight excluding hydrogens is 369 g/mol. The summed E-state index contributed by atoms with van der Waals surface area (Å²) < 4.78 is 48.7. The van der Waals surface area contributed by atoms with E-state index in [-0.39, 0.29) is 11.5 Å². The molecule has 9 heteroatoms. The summed E-state index contributed by atoms with van der Waals surface area (Å²) in [5.74, 6) is 0.319. The van der Waals surface area contributed by atoms with E-state index < -0.39 is 23.6 Å². The number of allylic oxidation sites excluding steroid dienone is 3. The normalized spacial score (nSPS) is 19.5. The average molecular weight is 390 g/mol. The summed E-state index contributed by atoms with van der Waals surface area (Å²) in [7, 11) is 0. The zero-order valence-electron chi connectivity index (χ0n) is 14.6. The van der Waals surface area contributed by atoms with Gasteiger partial charge in [-0.25, -0.2) is 4.98 Å². The van der Waals surface area contributed by atoms with E-state index in [1.165, 1.54) is 6.20 Å². The van der Waals surface area contributed by atoms with Crippen molar-refractivity contribution in [2.45, 2.75) is 50.7 Å². The first-order valence-electron chi connectivity index (χ1n) is 8.20. The highest BCUT2D eigenvalue weighted by atomic mass is 32.2. The Morgan fingerprint density at radius 2 is 2.27 bits per heavy atom. The van der Waals surface area contributed by atoms with Crippen molar-refractivity contribution >= 4 is 11.8 Å². The lowest BCUT2D eigenvalue weighted by Crippen LogP contribution is -2.27. The number of H-pyrrole nitrogens is 1. The Labute approximate surface area is 153 Å². The summed E-state index contributed by atoms with van der Waals surface area (Å²) in [5.41, 5.74) is -0.631. The SMILES string of the molecule is C/C=C(\C=C(/C)C(F)(F)F)CSc1ncc(OC2CCCCO2)c(=O)[nH]1. The molecule has 0 spiro atoms. The lowest BCUT2D eigenvalue weighted by molar-refractivity contribution is -0.106. The van der Waals surface area contributed by atoms with Crippen LogP contribution >= 0.6 is 11.8 Å². The van der Waals surface area contributed by atoms with Crippen LogP contribution in [0.1, 0.15) is 33.1 Å². The molecule has 2 heterocycles. The fraction of sp³-hybridized carbons (Fsp3) is 0.529. The van der Waals surface area contributed by atoms with E-state index in [1.807, 2.05) is 0 Å². The molecule has 0 radical (unpaired) electrons. The number of alkyl halides is 3. The van der Waals surface area contributed by atoms with Gasteiger partial charge in [0.15, 0.2) is 11.4 Å². The molecule has 1 aromatic rings. The fourth-order valence-corrected chi connectivity index (χ4v) is 3.04. The van der Waals surface area contributed by atoms with Gasteiger partial charge in [-0.05, 0) is 32.3 Å². The van der Waals surface area contributed by atoms with Gasteiger partial charge in [-0.1, -0.05) is 23.9 Å². The number of hydrogen-bond donors (Lipinski definition) is 1. The first-order valence-corrected chi connectivity index (χ1v) is 9.19. The van der Waals surface area contributed by atoms with Gasteiger partial charge in [-0.15, -0.1) is 0 Å². The van der Waals surface area contributed by atoms with Crippen molar-refractivity contribution < 1.29 is 22.6 Å². The van der Waals surface area contributed by atoms with Gasteiger partial charge >= 0.3 is 6.18 Å². The van der Waals surface area contributed by atoms with Crippen molar-refractivity contribution in [1.29, 1.82) is 0 Å². The standard InChI is InChI=1S/C17H21F3N2O3S/c1-3-12(8-11(2)17(18,19)20)10-26-16-21-9-13(15(23)22-16)25-14-6-4-5-7-24-14/h3,8-9,14H,4-7,10H2,1-2H3,(H,21,22,23)/b11-8+,12-3+. The molecule has 0 bridgehead atoms. The van der Waals surface area contributed by atoms with Crippen molar-refractivity contribution in [2.75, 3.05) is 12.4 Å². The molecule has 144 valence electrons. The van der Waals surface area contributed by atoms with E-state index >= 15 is 0 Å². The van der Waals surface area contributed by atoms with Crippen LogP contribution in [0.2, 0.25) is 0 Å². The quantitative estimate of drug-likeness (QED) is 0.448. The third-order valence-corrected chi connectivity index (χ3v) is 4.69. The van der Waals surface area contributed by atoms with Crippen LogP contribution in [0.4, 0.5) is 13.2 Å². The summed E-state index contributed by atoms with van der Waals surface area (Å²) >= 11 is 1.14. The van der Waals surface area contributed by atoms with E-state index in [1.54, 1.807) is 13.0 Å². The molecule has 2 rings (SSSR count). The molecule has 1 fully saturated rings. The van der Waals surface area contributed by atoms with Gasteiger partial charge in [0.2, 0.25) is 5.75 Å². The van der Waals surface area contributed by atoms with Gasteiger partial charge in [0.1, 0.15) is 0 Å². The van der Waals surface area contributed by atoms with Gasteiger partial charge in [-0.3, -0.25) is 9.78 Å². The topological polar surface area (TPSA) is 64.2 Å². The number of nitrogens with zero attached hydrogens (tertiary/aromatic N) is 1. The van der Waals surface area contributed by atoms with E-state index in [4.69, 9.17) is 9.47 Å². The Kier molecular flexibility index (Phi) is 7.33. The Balaban J connectivity index is 1.97. The second-order valence-electron chi connectivity index (χ2n) is 5.77. The Morgan fingerprint density at radius 3 is 2.85 bits per heavy atom. The van der Waals surface area contributed by atoms with Crippen LogP contribution in [0.25, 0.3) is 0 Å². The smallest absolute Gasteiger partial charge is 0.412 e. The highest BCUT2D eigenvalue weighted by Gasteiger charge is 2.29. The predicted octanol–water partition coefficient (Wildman–Crippen LogP) is 4.22. The van der Waals surface area contributed by atoms with Crippen LogP contribution in [0, 0.1) is 0 Å². The first kappa shape index (κ1) is 20.6. The zero-order chi connectivity index (χ0) is 19.2. The van der Waals surface area contributed by atoms with Crippen molar-refractivity contribution in [2.24, 2.45) is 0 Å². The van der Waals surface area contributed by atoms with Crippen LogP contribution < -0.4 is 10.3 Å². The van der Waals surface area contributed by atoms with Crippen LogP contribution in [0.5, 0.6) is 5.75 Å². The maximum Gasteiger partial charge on any atom is 0.412 e. The minimum absolute atomic E-state index is 0.0697. The molecule has 5 nitrogen and oxygen atoms in total. The average Bonchev–Trinajstić information content (AvgIpc) is 2.60. The van der Waals surface area contributed by atoms with Crippen LogP contribution in [-0.4, -0.2) is 34.8 Å². The molecule has 0 aromatic carbocycles. The fourth-order valence-electron chi connectivity index (χ4n) is 2.19.